The van der Waals surface area contributed by atoms with Gasteiger partial charge >= 0.3 is 6.09 Å². The number of alkyl carbamates (subject to hydrolysis) is 1. The Kier molecular flexibility index (Phi) is 4.69. The first-order valence-corrected chi connectivity index (χ1v) is 6.07. The SMILES string of the molecule is CC(C)c1noc(CCNC(=O)OC(C)(C)C)n1. The van der Waals surface area contributed by atoms with Crippen molar-refractivity contribution in [2.75, 3.05) is 6.54 Å². The fourth-order valence-corrected chi connectivity index (χ4v) is 1.19. The van der Waals surface area contributed by atoms with Gasteiger partial charge < -0.3 is 14.6 Å². The van der Waals surface area contributed by atoms with Gasteiger partial charge in [-0.3, -0.25) is 0 Å². The predicted octanol–water partition coefficient (Wildman–Crippen LogP) is 2.26. The van der Waals surface area contributed by atoms with Gasteiger partial charge in [0.25, 0.3) is 0 Å². The molecule has 6 nitrogen and oxygen atoms in total. The lowest BCUT2D eigenvalue weighted by molar-refractivity contribution is 0.0527. The predicted molar refractivity (Wildman–Crippen MR) is 66.3 cm³/mol. The summed E-state index contributed by atoms with van der Waals surface area (Å²) in [7, 11) is 0. The second-order valence-electron chi connectivity index (χ2n) is 5.38. The van der Waals surface area contributed by atoms with Crippen molar-refractivity contribution >= 4 is 6.09 Å². The van der Waals surface area contributed by atoms with Crippen LogP contribution in [0.4, 0.5) is 4.79 Å². The molecule has 102 valence electrons. The maximum Gasteiger partial charge on any atom is 0.407 e. The Balaban J connectivity index is 2.31. The molecule has 0 unspecified atom stereocenters. The second kappa shape index (κ2) is 5.84. The molecule has 1 amide bonds. The van der Waals surface area contributed by atoms with Crippen molar-refractivity contribution in [3.8, 4) is 0 Å². The van der Waals surface area contributed by atoms with Crippen LogP contribution in [0.15, 0.2) is 4.52 Å². The molecule has 18 heavy (non-hydrogen) atoms. The number of ether oxygens (including phenoxy) is 1. The van der Waals surface area contributed by atoms with Crippen molar-refractivity contribution < 1.29 is 14.1 Å². The smallest absolute Gasteiger partial charge is 0.407 e. The first kappa shape index (κ1) is 14.5. The minimum atomic E-state index is -0.487. The van der Waals surface area contributed by atoms with E-state index >= 15 is 0 Å². The number of amides is 1. The summed E-state index contributed by atoms with van der Waals surface area (Å²) < 4.78 is 10.2. The van der Waals surface area contributed by atoms with E-state index in [0.29, 0.717) is 24.7 Å². The van der Waals surface area contributed by atoms with E-state index in [9.17, 15) is 4.79 Å². The van der Waals surface area contributed by atoms with Gasteiger partial charge in [0.2, 0.25) is 5.89 Å². The summed E-state index contributed by atoms with van der Waals surface area (Å²) in [5.41, 5.74) is -0.487. The molecule has 0 radical (unpaired) electrons. The number of nitrogens with zero attached hydrogens (tertiary/aromatic N) is 2. The van der Waals surface area contributed by atoms with Crippen LogP contribution in [-0.4, -0.2) is 28.4 Å². The summed E-state index contributed by atoms with van der Waals surface area (Å²) in [6.45, 7) is 9.86. The lowest BCUT2D eigenvalue weighted by atomic mass is 10.2. The highest BCUT2D eigenvalue weighted by molar-refractivity contribution is 5.67. The highest BCUT2D eigenvalue weighted by Crippen LogP contribution is 2.09. The Morgan fingerprint density at radius 1 is 1.44 bits per heavy atom. The molecule has 0 saturated carbocycles. The minimum absolute atomic E-state index is 0.237. The molecule has 0 spiro atoms. The zero-order chi connectivity index (χ0) is 13.8. The van der Waals surface area contributed by atoms with Gasteiger partial charge in [0.1, 0.15) is 5.60 Å². The van der Waals surface area contributed by atoms with Crippen molar-refractivity contribution in [3.05, 3.63) is 11.7 Å². The van der Waals surface area contributed by atoms with Gasteiger partial charge in [-0.2, -0.15) is 4.98 Å². The van der Waals surface area contributed by atoms with E-state index in [-0.39, 0.29) is 5.92 Å². The molecule has 0 fully saturated rings. The van der Waals surface area contributed by atoms with Crippen molar-refractivity contribution in [2.45, 2.75) is 52.6 Å². The Morgan fingerprint density at radius 3 is 2.61 bits per heavy atom. The molecule has 0 atom stereocenters. The van der Waals surface area contributed by atoms with Gasteiger partial charge in [-0.15, -0.1) is 0 Å². The monoisotopic (exact) mass is 255 g/mol. The van der Waals surface area contributed by atoms with Crippen molar-refractivity contribution in [1.29, 1.82) is 0 Å². The molecule has 1 heterocycles. The van der Waals surface area contributed by atoms with E-state index in [1.807, 2.05) is 34.6 Å². The molecule has 1 aromatic rings. The topological polar surface area (TPSA) is 77.2 Å². The van der Waals surface area contributed by atoms with Gasteiger partial charge in [-0.05, 0) is 20.8 Å². The van der Waals surface area contributed by atoms with Crippen molar-refractivity contribution in [1.82, 2.24) is 15.5 Å². The average molecular weight is 255 g/mol. The number of carbonyl (C=O) groups is 1. The summed E-state index contributed by atoms with van der Waals surface area (Å²) in [5.74, 6) is 1.44. The highest BCUT2D eigenvalue weighted by atomic mass is 16.6. The summed E-state index contributed by atoms with van der Waals surface area (Å²) >= 11 is 0. The Hall–Kier alpha value is -1.59. The third kappa shape index (κ3) is 5.16. The molecule has 0 aliphatic rings. The van der Waals surface area contributed by atoms with Crippen LogP contribution in [0.5, 0.6) is 0 Å². The molecule has 0 aliphatic heterocycles. The largest absolute Gasteiger partial charge is 0.444 e. The van der Waals surface area contributed by atoms with Crippen LogP contribution >= 0.6 is 0 Å². The fraction of sp³-hybridized carbons (Fsp3) is 0.750. The zero-order valence-electron chi connectivity index (χ0n) is 11.6. The van der Waals surface area contributed by atoms with Crippen LogP contribution in [0.25, 0.3) is 0 Å². The average Bonchev–Trinajstić information content (AvgIpc) is 2.63. The molecule has 6 heteroatoms. The number of hydrogen-bond donors (Lipinski definition) is 1. The van der Waals surface area contributed by atoms with Crippen LogP contribution in [-0.2, 0) is 11.2 Å². The maximum atomic E-state index is 11.4. The zero-order valence-corrected chi connectivity index (χ0v) is 11.6. The Bertz CT molecular complexity index is 394. The Morgan fingerprint density at radius 2 is 2.11 bits per heavy atom. The lowest BCUT2D eigenvalue weighted by Gasteiger charge is -2.19. The molecule has 0 bridgehead atoms. The standard InChI is InChI=1S/C12H21N3O3/c1-8(2)10-14-9(18-15-10)6-7-13-11(16)17-12(3,4)5/h8H,6-7H2,1-5H3,(H,13,16). The lowest BCUT2D eigenvalue weighted by Crippen LogP contribution is -2.33. The van der Waals surface area contributed by atoms with Gasteiger partial charge in [0, 0.05) is 18.9 Å². The third-order valence-corrected chi connectivity index (χ3v) is 2.01. The third-order valence-electron chi connectivity index (χ3n) is 2.01. The van der Waals surface area contributed by atoms with Gasteiger partial charge in [-0.1, -0.05) is 19.0 Å². The van der Waals surface area contributed by atoms with E-state index in [4.69, 9.17) is 9.26 Å². The van der Waals surface area contributed by atoms with Crippen LogP contribution in [0.3, 0.4) is 0 Å². The second-order valence-corrected chi connectivity index (χ2v) is 5.38. The van der Waals surface area contributed by atoms with Crippen molar-refractivity contribution in [2.24, 2.45) is 0 Å². The highest BCUT2D eigenvalue weighted by Gasteiger charge is 2.16. The van der Waals surface area contributed by atoms with Gasteiger partial charge in [-0.25, -0.2) is 4.79 Å². The van der Waals surface area contributed by atoms with E-state index in [1.54, 1.807) is 0 Å². The number of rotatable bonds is 4. The molecular weight excluding hydrogens is 234 g/mol. The summed E-state index contributed by atoms with van der Waals surface area (Å²) in [4.78, 5) is 15.6. The summed E-state index contributed by atoms with van der Waals surface area (Å²) in [5, 5.41) is 6.48. The van der Waals surface area contributed by atoms with Crippen molar-refractivity contribution in [3.63, 3.8) is 0 Å². The van der Waals surface area contributed by atoms with Crippen LogP contribution in [0.1, 0.15) is 52.3 Å². The normalized spacial score (nSPS) is 11.7. The molecule has 1 aromatic heterocycles. The first-order chi connectivity index (χ1) is 8.28. The van der Waals surface area contributed by atoms with Gasteiger partial charge in [0.15, 0.2) is 5.82 Å². The summed E-state index contributed by atoms with van der Waals surface area (Å²) in [6, 6.07) is 0. The maximum absolute atomic E-state index is 11.4. The molecule has 0 aromatic carbocycles. The van der Waals surface area contributed by atoms with Crippen LogP contribution in [0.2, 0.25) is 0 Å². The number of carbonyl (C=O) groups excluding carboxylic acids is 1. The number of hydrogen-bond acceptors (Lipinski definition) is 5. The molecular formula is C12H21N3O3. The van der Waals surface area contributed by atoms with E-state index in [2.05, 4.69) is 15.5 Å². The van der Waals surface area contributed by atoms with E-state index in [0.717, 1.165) is 0 Å². The van der Waals surface area contributed by atoms with E-state index in [1.165, 1.54) is 0 Å². The molecule has 1 N–H and O–H groups in total. The van der Waals surface area contributed by atoms with E-state index < -0.39 is 11.7 Å². The fourth-order valence-electron chi connectivity index (χ4n) is 1.19. The summed E-state index contributed by atoms with van der Waals surface area (Å²) in [6.07, 6.45) is 0.0602. The first-order valence-electron chi connectivity index (χ1n) is 6.07. The minimum Gasteiger partial charge on any atom is -0.444 e. The van der Waals surface area contributed by atoms with Gasteiger partial charge in [0.05, 0.1) is 0 Å². The Labute approximate surface area is 107 Å². The number of nitrogens with one attached hydrogen (secondary N) is 1. The van der Waals surface area contributed by atoms with Crippen LogP contribution < -0.4 is 5.32 Å². The molecule has 1 rings (SSSR count). The quantitative estimate of drug-likeness (QED) is 0.892. The molecule has 0 saturated heterocycles. The molecule has 0 aliphatic carbocycles. The number of aromatic nitrogens is 2. The van der Waals surface area contributed by atoms with Crippen LogP contribution in [0, 0.1) is 0 Å².